The maximum Gasteiger partial charge on any atom is 0.226 e. The number of halogens is 1. The number of anilines is 1. The quantitative estimate of drug-likeness (QED) is 0.916. The summed E-state index contributed by atoms with van der Waals surface area (Å²) >= 11 is 7.62. The average Bonchev–Trinajstić information content (AvgIpc) is 3.09. The van der Waals surface area contributed by atoms with Gasteiger partial charge in [-0.25, -0.2) is 4.98 Å². The molecule has 2 aromatic rings. The summed E-state index contributed by atoms with van der Waals surface area (Å²) in [7, 11) is 1.61. The molecule has 0 aromatic carbocycles. The van der Waals surface area contributed by atoms with Gasteiger partial charge in [0.15, 0.2) is 0 Å². The van der Waals surface area contributed by atoms with Crippen LogP contribution in [0.15, 0.2) is 24.4 Å². The van der Waals surface area contributed by atoms with Crippen molar-refractivity contribution in [2.75, 3.05) is 25.5 Å². The van der Waals surface area contributed by atoms with E-state index in [1.807, 2.05) is 6.07 Å². The zero-order chi connectivity index (χ0) is 14.7. The predicted octanol–water partition coefficient (Wildman–Crippen LogP) is 2.89. The molecule has 1 aliphatic rings. The van der Waals surface area contributed by atoms with Gasteiger partial charge in [-0.3, -0.25) is 4.90 Å². The Morgan fingerprint density at radius 2 is 2.38 bits per heavy atom. The Kier molecular flexibility index (Phi) is 4.57. The molecule has 112 valence electrons. The summed E-state index contributed by atoms with van der Waals surface area (Å²) in [6, 6.07) is 6.16. The van der Waals surface area contributed by atoms with E-state index in [0.29, 0.717) is 17.9 Å². The van der Waals surface area contributed by atoms with E-state index in [9.17, 15) is 0 Å². The Morgan fingerprint density at radius 3 is 3.14 bits per heavy atom. The number of rotatable bonds is 5. The van der Waals surface area contributed by atoms with Crippen molar-refractivity contribution < 1.29 is 4.74 Å². The van der Waals surface area contributed by atoms with E-state index in [2.05, 4.69) is 26.3 Å². The average molecular weight is 325 g/mol. The SMILES string of the molecule is COc1ccnc(NC2CCN(Cc3ccc(Cl)s3)C2)n1. The summed E-state index contributed by atoms with van der Waals surface area (Å²) in [5.41, 5.74) is 0. The molecular weight excluding hydrogens is 308 g/mol. The molecule has 1 atom stereocenters. The minimum Gasteiger partial charge on any atom is -0.481 e. The third-order valence-corrected chi connectivity index (χ3v) is 4.67. The molecule has 3 rings (SSSR count). The zero-order valence-corrected chi connectivity index (χ0v) is 13.3. The molecular formula is C14H17ClN4OS. The maximum absolute atomic E-state index is 5.97. The van der Waals surface area contributed by atoms with Crippen LogP contribution in [0.1, 0.15) is 11.3 Å². The van der Waals surface area contributed by atoms with E-state index in [4.69, 9.17) is 16.3 Å². The summed E-state index contributed by atoms with van der Waals surface area (Å²) in [5.74, 6) is 1.20. The third-order valence-electron chi connectivity index (χ3n) is 3.45. The lowest BCUT2D eigenvalue weighted by atomic mass is 10.3. The summed E-state index contributed by atoms with van der Waals surface area (Å²) in [5, 5.41) is 3.37. The van der Waals surface area contributed by atoms with Crippen molar-refractivity contribution in [2.24, 2.45) is 0 Å². The number of ether oxygens (including phenoxy) is 1. The van der Waals surface area contributed by atoms with E-state index in [0.717, 1.165) is 30.4 Å². The van der Waals surface area contributed by atoms with Crippen molar-refractivity contribution in [2.45, 2.75) is 19.0 Å². The van der Waals surface area contributed by atoms with E-state index in [1.54, 1.807) is 30.7 Å². The standard InChI is InChI=1S/C14H17ClN4OS/c1-20-13-4-6-16-14(18-13)17-10-5-7-19(8-10)9-11-2-3-12(15)21-11/h2-4,6,10H,5,7-9H2,1H3,(H,16,17,18). The number of likely N-dealkylation sites (tertiary alicyclic amines) is 1. The molecule has 1 unspecified atom stereocenters. The molecule has 1 aliphatic heterocycles. The van der Waals surface area contributed by atoms with Crippen molar-refractivity contribution in [3.05, 3.63) is 33.6 Å². The van der Waals surface area contributed by atoms with Crippen LogP contribution in [0.3, 0.4) is 0 Å². The highest BCUT2D eigenvalue weighted by Crippen LogP contribution is 2.24. The Morgan fingerprint density at radius 1 is 1.48 bits per heavy atom. The van der Waals surface area contributed by atoms with Gasteiger partial charge in [-0.1, -0.05) is 11.6 Å². The number of thiophene rings is 1. The number of hydrogen-bond acceptors (Lipinski definition) is 6. The Labute approximate surface area is 132 Å². The molecule has 1 fully saturated rings. The summed E-state index contributed by atoms with van der Waals surface area (Å²) in [6.45, 7) is 3.00. The fourth-order valence-corrected chi connectivity index (χ4v) is 3.59. The molecule has 1 N–H and O–H groups in total. The Bertz CT molecular complexity index is 606. The van der Waals surface area contributed by atoms with Crippen LogP contribution in [-0.4, -0.2) is 41.1 Å². The zero-order valence-electron chi connectivity index (χ0n) is 11.8. The van der Waals surface area contributed by atoms with E-state index < -0.39 is 0 Å². The monoisotopic (exact) mass is 324 g/mol. The number of methoxy groups -OCH3 is 1. The summed E-state index contributed by atoms with van der Waals surface area (Å²) < 4.78 is 5.96. The first-order valence-electron chi connectivity index (χ1n) is 6.83. The highest BCUT2D eigenvalue weighted by atomic mass is 35.5. The van der Waals surface area contributed by atoms with Gasteiger partial charge >= 0.3 is 0 Å². The first-order valence-corrected chi connectivity index (χ1v) is 8.02. The molecule has 0 amide bonds. The molecule has 1 saturated heterocycles. The lowest BCUT2D eigenvalue weighted by Crippen LogP contribution is -2.26. The minimum absolute atomic E-state index is 0.368. The second kappa shape index (κ2) is 6.60. The number of hydrogen-bond donors (Lipinski definition) is 1. The van der Waals surface area contributed by atoms with Gasteiger partial charge in [0.1, 0.15) is 0 Å². The fourth-order valence-electron chi connectivity index (χ4n) is 2.46. The molecule has 0 saturated carbocycles. The van der Waals surface area contributed by atoms with Crippen LogP contribution < -0.4 is 10.1 Å². The molecule has 0 radical (unpaired) electrons. The molecule has 5 nitrogen and oxygen atoms in total. The van der Waals surface area contributed by atoms with Gasteiger partial charge in [0, 0.05) is 42.8 Å². The van der Waals surface area contributed by atoms with Crippen molar-refractivity contribution in [3.8, 4) is 5.88 Å². The van der Waals surface area contributed by atoms with Gasteiger partial charge in [0.2, 0.25) is 11.8 Å². The van der Waals surface area contributed by atoms with Crippen LogP contribution in [0.5, 0.6) is 5.88 Å². The number of aromatic nitrogens is 2. The second-order valence-corrected chi connectivity index (χ2v) is 6.79. The summed E-state index contributed by atoms with van der Waals surface area (Å²) in [6.07, 6.45) is 2.79. The van der Waals surface area contributed by atoms with Crippen LogP contribution in [0.25, 0.3) is 0 Å². The van der Waals surface area contributed by atoms with Gasteiger partial charge in [0.25, 0.3) is 0 Å². The van der Waals surface area contributed by atoms with Crippen molar-refractivity contribution in [1.82, 2.24) is 14.9 Å². The van der Waals surface area contributed by atoms with Gasteiger partial charge in [-0.05, 0) is 18.6 Å². The number of nitrogens with zero attached hydrogens (tertiary/aromatic N) is 3. The van der Waals surface area contributed by atoms with Crippen LogP contribution in [0.2, 0.25) is 4.34 Å². The van der Waals surface area contributed by atoms with Crippen LogP contribution in [0.4, 0.5) is 5.95 Å². The maximum atomic E-state index is 5.97. The van der Waals surface area contributed by atoms with E-state index in [1.165, 1.54) is 4.88 Å². The van der Waals surface area contributed by atoms with E-state index >= 15 is 0 Å². The smallest absolute Gasteiger partial charge is 0.226 e. The second-order valence-electron chi connectivity index (χ2n) is 4.99. The molecule has 2 aromatic heterocycles. The van der Waals surface area contributed by atoms with Gasteiger partial charge in [0.05, 0.1) is 11.4 Å². The normalized spacial score (nSPS) is 18.9. The van der Waals surface area contributed by atoms with E-state index in [-0.39, 0.29) is 0 Å². The predicted molar refractivity (Wildman–Crippen MR) is 85.2 cm³/mol. The fraction of sp³-hybridized carbons (Fsp3) is 0.429. The third kappa shape index (κ3) is 3.84. The van der Waals surface area contributed by atoms with Crippen molar-refractivity contribution >= 4 is 28.9 Å². The van der Waals surface area contributed by atoms with Gasteiger partial charge < -0.3 is 10.1 Å². The number of nitrogens with one attached hydrogen (secondary N) is 1. The highest BCUT2D eigenvalue weighted by Gasteiger charge is 2.23. The van der Waals surface area contributed by atoms with Crippen molar-refractivity contribution in [1.29, 1.82) is 0 Å². The molecule has 7 heteroatoms. The Hall–Kier alpha value is -1.37. The first kappa shape index (κ1) is 14.6. The lowest BCUT2D eigenvalue weighted by Gasteiger charge is -2.15. The van der Waals surface area contributed by atoms with Crippen LogP contribution in [-0.2, 0) is 6.54 Å². The Balaban J connectivity index is 1.54. The topological polar surface area (TPSA) is 50.3 Å². The first-order chi connectivity index (χ1) is 10.2. The molecule has 0 spiro atoms. The summed E-state index contributed by atoms with van der Waals surface area (Å²) in [4.78, 5) is 12.2. The molecule has 0 aliphatic carbocycles. The molecule has 3 heterocycles. The van der Waals surface area contributed by atoms with Crippen molar-refractivity contribution in [3.63, 3.8) is 0 Å². The molecule has 0 bridgehead atoms. The molecule has 21 heavy (non-hydrogen) atoms. The van der Waals surface area contributed by atoms with Gasteiger partial charge in [-0.2, -0.15) is 4.98 Å². The lowest BCUT2D eigenvalue weighted by molar-refractivity contribution is 0.331. The van der Waals surface area contributed by atoms with Crippen LogP contribution in [0, 0.1) is 0 Å². The highest BCUT2D eigenvalue weighted by molar-refractivity contribution is 7.16. The van der Waals surface area contributed by atoms with Gasteiger partial charge in [-0.15, -0.1) is 11.3 Å². The minimum atomic E-state index is 0.368. The largest absolute Gasteiger partial charge is 0.481 e. The van der Waals surface area contributed by atoms with Crippen LogP contribution >= 0.6 is 22.9 Å².